The zero-order valence-corrected chi connectivity index (χ0v) is 13.0. The van der Waals surface area contributed by atoms with E-state index in [1.165, 1.54) is 12.8 Å². The quantitative estimate of drug-likeness (QED) is 0.856. The number of nitrogens with zero attached hydrogens (tertiary/aromatic N) is 1. The molecule has 1 fully saturated rings. The number of carbonyl (C=O) groups excluding carboxylic acids is 1. The highest BCUT2D eigenvalue weighted by Crippen LogP contribution is 2.25. The van der Waals surface area contributed by atoms with Gasteiger partial charge in [0.15, 0.2) is 0 Å². The molecule has 0 aliphatic heterocycles. The molecule has 1 aliphatic rings. The van der Waals surface area contributed by atoms with Gasteiger partial charge in [0.1, 0.15) is 0 Å². The van der Waals surface area contributed by atoms with Gasteiger partial charge in [-0.3, -0.25) is 4.79 Å². The second-order valence-corrected chi connectivity index (χ2v) is 6.29. The summed E-state index contributed by atoms with van der Waals surface area (Å²) in [5.41, 5.74) is 6.31. The van der Waals surface area contributed by atoms with Gasteiger partial charge in [-0.1, -0.05) is 47.1 Å². The van der Waals surface area contributed by atoms with Crippen molar-refractivity contribution in [3.63, 3.8) is 0 Å². The monoisotopic (exact) mass is 340 g/mol. The van der Waals surface area contributed by atoms with Crippen LogP contribution in [0.1, 0.15) is 36.0 Å². The third kappa shape index (κ3) is 3.76. The largest absolute Gasteiger partial charge is 0.392 e. The van der Waals surface area contributed by atoms with Gasteiger partial charge >= 0.3 is 0 Å². The van der Waals surface area contributed by atoms with E-state index in [4.69, 9.17) is 18.0 Å². The van der Waals surface area contributed by atoms with Crippen molar-refractivity contribution in [2.75, 3.05) is 6.54 Å². The van der Waals surface area contributed by atoms with E-state index in [1.54, 1.807) is 0 Å². The molecule has 0 unspecified atom stereocenters. The average molecular weight is 341 g/mol. The lowest BCUT2D eigenvalue weighted by Crippen LogP contribution is -2.43. The SMILES string of the molecule is NC(=S)CN(C(=O)c1cccc(Br)c1)C1CCCC1. The van der Waals surface area contributed by atoms with Gasteiger partial charge in [0.2, 0.25) is 0 Å². The van der Waals surface area contributed by atoms with Crippen LogP contribution in [-0.2, 0) is 0 Å². The molecule has 0 spiro atoms. The van der Waals surface area contributed by atoms with E-state index in [9.17, 15) is 4.79 Å². The summed E-state index contributed by atoms with van der Waals surface area (Å²) in [5.74, 6) is 0.0148. The van der Waals surface area contributed by atoms with Crippen LogP contribution in [-0.4, -0.2) is 28.4 Å². The van der Waals surface area contributed by atoms with Gasteiger partial charge in [0.25, 0.3) is 5.91 Å². The predicted octanol–water partition coefficient (Wildman–Crippen LogP) is 3.12. The number of amides is 1. The number of hydrogen-bond donors (Lipinski definition) is 1. The van der Waals surface area contributed by atoms with Crippen LogP contribution in [0.2, 0.25) is 0 Å². The lowest BCUT2D eigenvalue weighted by atomic mass is 10.1. The first kappa shape index (κ1) is 14.5. The van der Waals surface area contributed by atoms with E-state index in [-0.39, 0.29) is 11.9 Å². The molecule has 0 radical (unpaired) electrons. The molecule has 3 nitrogen and oxygen atoms in total. The summed E-state index contributed by atoms with van der Waals surface area (Å²) in [6.07, 6.45) is 4.43. The van der Waals surface area contributed by atoms with Gasteiger partial charge in [-0.05, 0) is 31.0 Å². The number of carbonyl (C=O) groups is 1. The van der Waals surface area contributed by atoms with Gasteiger partial charge in [-0.2, -0.15) is 0 Å². The Morgan fingerprint density at radius 2 is 2.11 bits per heavy atom. The molecule has 1 amide bonds. The number of rotatable bonds is 4. The first-order valence-corrected chi connectivity index (χ1v) is 7.63. The number of nitrogens with two attached hydrogens (primary N) is 1. The average Bonchev–Trinajstić information content (AvgIpc) is 2.88. The van der Waals surface area contributed by atoms with Crippen LogP contribution in [0.25, 0.3) is 0 Å². The van der Waals surface area contributed by atoms with Crippen molar-refractivity contribution in [3.8, 4) is 0 Å². The van der Waals surface area contributed by atoms with Gasteiger partial charge in [-0.25, -0.2) is 0 Å². The molecule has 0 bridgehead atoms. The molecule has 0 atom stereocenters. The normalized spacial score (nSPS) is 15.4. The highest BCUT2D eigenvalue weighted by atomic mass is 79.9. The fourth-order valence-electron chi connectivity index (χ4n) is 2.54. The van der Waals surface area contributed by atoms with Crippen molar-refractivity contribution < 1.29 is 4.79 Å². The molecule has 0 aromatic heterocycles. The minimum atomic E-state index is 0.0148. The summed E-state index contributed by atoms with van der Waals surface area (Å²) in [7, 11) is 0. The summed E-state index contributed by atoms with van der Waals surface area (Å²) >= 11 is 8.37. The van der Waals surface area contributed by atoms with E-state index in [2.05, 4.69) is 15.9 Å². The Kier molecular flexibility index (Phi) is 4.93. The van der Waals surface area contributed by atoms with Gasteiger partial charge in [-0.15, -0.1) is 0 Å². The number of halogens is 1. The molecule has 19 heavy (non-hydrogen) atoms. The van der Waals surface area contributed by atoms with Crippen molar-refractivity contribution >= 4 is 39.0 Å². The van der Waals surface area contributed by atoms with E-state index >= 15 is 0 Å². The maximum Gasteiger partial charge on any atom is 0.254 e. The van der Waals surface area contributed by atoms with E-state index in [1.807, 2.05) is 29.2 Å². The first-order chi connectivity index (χ1) is 9.08. The minimum Gasteiger partial charge on any atom is -0.392 e. The maximum absolute atomic E-state index is 12.6. The summed E-state index contributed by atoms with van der Waals surface area (Å²) in [4.78, 5) is 14.8. The highest BCUT2D eigenvalue weighted by molar-refractivity contribution is 9.10. The zero-order valence-electron chi connectivity index (χ0n) is 10.6. The Bertz CT molecular complexity index is 486. The molecule has 1 saturated carbocycles. The molecule has 1 aromatic rings. The lowest BCUT2D eigenvalue weighted by molar-refractivity contribution is 0.0714. The standard InChI is InChI=1S/C14H17BrN2OS/c15-11-5-3-4-10(8-11)14(18)17(9-13(16)19)12-6-1-2-7-12/h3-5,8,12H,1-2,6-7,9H2,(H2,16,19). The number of thiocarbonyl (C=S) groups is 1. The molecular formula is C14H17BrN2OS. The molecule has 2 rings (SSSR count). The molecule has 0 heterocycles. The van der Waals surface area contributed by atoms with Crippen LogP contribution in [0, 0.1) is 0 Å². The second-order valence-electron chi connectivity index (χ2n) is 4.85. The Morgan fingerprint density at radius 1 is 1.42 bits per heavy atom. The zero-order chi connectivity index (χ0) is 13.8. The minimum absolute atomic E-state index is 0.0148. The summed E-state index contributed by atoms with van der Waals surface area (Å²) in [6, 6.07) is 7.71. The highest BCUT2D eigenvalue weighted by Gasteiger charge is 2.27. The predicted molar refractivity (Wildman–Crippen MR) is 84.2 cm³/mol. The molecule has 5 heteroatoms. The van der Waals surface area contributed by atoms with Crippen LogP contribution in [0.4, 0.5) is 0 Å². The summed E-state index contributed by atoms with van der Waals surface area (Å²) in [6.45, 7) is 0.366. The maximum atomic E-state index is 12.6. The molecule has 2 N–H and O–H groups in total. The molecule has 1 aliphatic carbocycles. The van der Waals surface area contributed by atoms with Crippen molar-refractivity contribution in [3.05, 3.63) is 34.3 Å². The van der Waals surface area contributed by atoms with Gasteiger partial charge in [0, 0.05) is 16.1 Å². The molecule has 102 valence electrons. The third-order valence-electron chi connectivity index (χ3n) is 3.42. The lowest BCUT2D eigenvalue weighted by Gasteiger charge is -2.28. The third-order valence-corrected chi connectivity index (χ3v) is 4.05. The Labute approximate surface area is 127 Å². The fraction of sp³-hybridized carbons (Fsp3) is 0.429. The second kappa shape index (κ2) is 6.48. The molecule has 1 aromatic carbocycles. The van der Waals surface area contributed by atoms with Crippen molar-refractivity contribution in [1.82, 2.24) is 4.90 Å². The summed E-state index contributed by atoms with van der Waals surface area (Å²) in [5, 5.41) is 0. The van der Waals surface area contributed by atoms with Crippen LogP contribution in [0.3, 0.4) is 0 Å². The fourth-order valence-corrected chi connectivity index (χ4v) is 3.08. The Balaban J connectivity index is 2.21. The number of benzene rings is 1. The van der Waals surface area contributed by atoms with Crippen LogP contribution < -0.4 is 5.73 Å². The van der Waals surface area contributed by atoms with Gasteiger partial charge < -0.3 is 10.6 Å². The number of hydrogen-bond acceptors (Lipinski definition) is 2. The first-order valence-electron chi connectivity index (χ1n) is 6.43. The van der Waals surface area contributed by atoms with Crippen LogP contribution in [0.5, 0.6) is 0 Å². The van der Waals surface area contributed by atoms with Crippen LogP contribution in [0.15, 0.2) is 28.7 Å². The Hall–Kier alpha value is -0.940. The van der Waals surface area contributed by atoms with Gasteiger partial charge in [0.05, 0.1) is 11.5 Å². The van der Waals surface area contributed by atoms with Crippen molar-refractivity contribution in [1.29, 1.82) is 0 Å². The Morgan fingerprint density at radius 3 is 2.68 bits per heavy atom. The van der Waals surface area contributed by atoms with Crippen LogP contribution >= 0.6 is 28.1 Å². The topological polar surface area (TPSA) is 46.3 Å². The van der Waals surface area contributed by atoms with E-state index < -0.39 is 0 Å². The van der Waals surface area contributed by atoms with Crippen molar-refractivity contribution in [2.45, 2.75) is 31.7 Å². The van der Waals surface area contributed by atoms with E-state index in [0.717, 1.165) is 17.3 Å². The molecule has 0 saturated heterocycles. The molecular weight excluding hydrogens is 324 g/mol. The van der Waals surface area contributed by atoms with E-state index in [0.29, 0.717) is 17.1 Å². The van der Waals surface area contributed by atoms with Crippen molar-refractivity contribution in [2.24, 2.45) is 5.73 Å². The smallest absolute Gasteiger partial charge is 0.254 e. The summed E-state index contributed by atoms with van der Waals surface area (Å²) < 4.78 is 0.903.